The number of hydrogen-bond donors (Lipinski definition) is 1. The number of nitrogens with zero attached hydrogens (tertiary/aromatic N) is 2. The highest BCUT2D eigenvalue weighted by atomic mass is 35.5. The second-order valence-electron chi connectivity index (χ2n) is 6.51. The molecule has 29 heavy (non-hydrogen) atoms. The number of amides is 1. The van der Waals surface area contributed by atoms with Crippen LogP contribution in [-0.2, 0) is 21.1 Å². The van der Waals surface area contributed by atoms with E-state index in [9.17, 15) is 18.4 Å². The Morgan fingerprint density at radius 2 is 1.69 bits per heavy atom. The molecular weight excluding hydrogens is 416 g/mol. The third kappa shape index (κ3) is 5.03. The number of aromatic nitrogens is 1. The summed E-state index contributed by atoms with van der Waals surface area (Å²) in [7, 11) is -2.06. The molecule has 1 N–H and O–H groups in total. The van der Waals surface area contributed by atoms with Gasteiger partial charge >= 0.3 is 0 Å². The molecule has 0 saturated carbocycles. The van der Waals surface area contributed by atoms with Gasteiger partial charge in [-0.2, -0.15) is 0 Å². The summed E-state index contributed by atoms with van der Waals surface area (Å²) >= 11 is 5.97. The Balaban J connectivity index is 2.01. The fourth-order valence-electron chi connectivity index (χ4n) is 2.70. The van der Waals surface area contributed by atoms with E-state index in [1.54, 1.807) is 36.4 Å². The van der Waals surface area contributed by atoms with Crippen molar-refractivity contribution in [2.24, 2.45) is 0 Å². The number of carbonyl (C=O) groups excluding carboxylic acids is 1. The molecule has 3 rings (SSSR count). The van der Waals surface area contributed by atoms with Crippen LogP contribution < -0.4 is 0 Å². The van der Waals surface area contributed by atoms with Crippen molar-refractivity contribution in [1.29, 1.82) is 0 Å². The molecule has 0 aliphatic heterocycles. The van der Waals surface area contributed by atoms with Crippen LogP contribution in [0.15, 0.2) is 57.8 Å². The average molecular weight is 435 g/mol. The largest absolute Gasteiger partial charge is 0.440 e. The normalized spacial score (nSPS) is 11.4. The SMILES string of the molecule is CN(O)C(=O)CCc1nc(-c2ccc(Cl)cc2)c(-c2ccc(S(C)(=O)=O)cc2)o1. The second-order valence-corrected chi connectivity index (χ2v) is 8.96. The van der Waals surface area contributed by atoms with Gasteiger partial charge in [0, 0.05) is 42.3 Å². The highest BCUT2D eigenvalue weighted by molar-refractivity contribution is 7.90. The van der Waals surface area contributed by atoms with Gasteiger partial charge in [-0.3, -0.25) is 10.0 Å². The highest BCUT2D eigenvalue weighted by Gasteiger charge is 2.19. The molecule has 0 saturated heterocycles. The van der Waals surface area contributed by atoms with Gasteiger partial charge in [-0.1, -0.05) is 23.7 Å². The van der Waals surface area contributed by atoms with Gasteiger partial charge in [0.2, 0.25) is 5.91 Å². The van der Waals surface area contributed by atoms with Crippen molar-refractivity contribution < 1.29 is 22.8 Å². The molecule has 0 radical (unpaired) electrons. The van der Waals surface area contributed by atoms with Crippen molar-refractivity contribution >= 4 is 27.3 Å². The number of oxazole rings is 1. The van der Waals surface area contributed by atoms with E-state index in [0.29, 0.717) is 33.0 Å². The predicted octanol–water partition coefficient (Wildman–Crippen LogP) is 3.85. The van der Waals surface area contributed by atoms with Crippen LogP contribution >= 0.6 is 11.6 Å². The van der Waals surface area contributed by atoms with E-state index < -0.39 is 15.7 Å². The van der Waals surface area contributed by atoms with Gasteiger partial charge in [0.1, 0.15) is 5.69 Å². The average Bonchev–Trinajstić information content (AvgIpc) is 3.10. The van der Waals surface area contributed by atoms with Crippen molar-refractivity contribution in [3.63, 3.8) is 0 Å². The molecule has 1 amide bonds. The molecule has 0 aliphatic carbocycles. The summed E-state index contributed by atoms with van der Waals surface area (Å²) in [5.74, 6) is 0.315. The minimum atomic E-state index is -3.32. The minimum absolute atomic E-state index is 0.0278. The van der Waals surface area contributed by atoms with Crippen LogP contribution in [-0.4, -0.2) is 42.9 Å². The zero-order chi connectivity index (χ0) is 21.2. The van der Waals surface area contributed by atoms with Crippen LogP contribution in [0.1, 0.15) is 12.3 Å². The van der Waals surface area contributed by atoms with Crippen molar-refractivity contribution in [2.45, 2.75) is 17.7 Å². The van der Waals surface area contributed by atoms with Crippen LogP contribution in [0.4, 0.5) is 0 Å². The lowest BCUT2D eigenvalue weighted by Gasteiger charge is -2.06. The van der Waals surface area contributed by atoms with Gasteiger partial charge in [-0.15, -0.1) is 0 Å². The van der Waals surface area contributed by atoms with E-state index in [1.807, 2.05) is 0 Å². The molecule has 0 spiro atoms. The fourth-order valence-corrected chi connectivity index (χ4v) is 3.46. The monoisotopic (exact) mass is 434 g/mol. The number of aryl methyl sites for hydroxylation is 1. The molecule has 7 nitrogen and oxygen atoms in total. The Morgan fingerprint density at radius 1 is 1.10 bits per heavy atom. The Morgan fingerprint density at radius 3 is 2.24 bits per heavy atom. The van der Waals surface area contributed by atoms with Crippen LogP contribution in [0.25, 0.3) is 22.6 Å². The van der Waals surface area contributed by atoms with Crippen LogP contribution in [0.3, 0.4) is 0 Å². The number of benzene rings is 2. The maximum absolute atomic E-state index is 11.7. The van der Waals surface area contributed by atoms with E-state index in [-0.39, 0.29) is 17.7 Å². The van der Waals surface area contributed by atoms with Crippen molar-refractivity contribution in [2.75, 3.05) is 13.3 Å². The van der Waals surface area contributed by atoms with E-state index in [0.717, 1.165) is 11.8 Å². The smallest absolute Gasteiger partial charge is 0.246 e. The van der Waals surface area contributed by atoms with Gasteiger partial charge in [0.05, 0.1) is 4.90 Å². The van der Waals surface area contributed by atoms with Crippen LogP contribution in [0, 0.1) is 0 Å². The Hall–Kier alpha value is -2.68. The number of carbonyl (C=O) groups is 1. The lowest BCUT2D eigenvalue weighted by molar-refractivity contribution is -0.159. The van der Waals surface area contributed by atoms with Gasteiger partial charge in [-0.05, 0) is 36.4 Å². The summed E-state index contributed by atoms with van der Waals surface area (Å²) in [6, 6.07) is 13.3. The van der Waals surface area contributed by atoms with Crippen LogP contribution in [0.2, 0.25) is 5.02 Å². The standard InChI is InChI=1S/C20H19ClN2O5S/c1-23(25)18(24)12-11-17-22-19(13-3-7-15(21)8-4-13)20(28-17)14-5-9-16(10-6-14)29(2,26)27/h3-10,25H,11-12H2,1-2H3. The highest BCUT2D eigenvalue weighted by Crippen LogP contribution is 2.34. The van der Waals surface area contributed by atoms with Gasteiger partial charge in [0.25, 0.3) is 0 Å². The molecule has 0 unspecified atom stereocenters. The first-order chi connectivity index (χ1) is 13.6. The maximum Gasteiger partial charge on any atom is 0.246 e. The number of hydrogen-bond acceptors (Lipinski definition) is 6. The first-order valence-corrected chi connectivity index (χ1v) is 10.9. The molecule has 0 bridgehead atoms. The summed E-state index contributed by atoms with van der Waals surface area (Å²) in [4.78, 5) is 16.4. The summed E-state index contributed by atoms with van der Waals surface area (Å²) in [5, 5.41) is 10.3. The zero-order valence-corrected chi connectivity index (χ0v) is 17.4. The summed E-state index contributed by atoms with van der Waals surface area (Å²) in [6.07, 6.45) is 1.37. The number of rotatable bonds is 6. The van der Waals surface area contributed by atoms with Gasteiger partial charge in [0.15, 0.2) is 21.5 Å². The molecule has 3 aromatic rings. The Labute approximate surface area is 173 Å². The summed E-state index contributed by atoms with van der Waals surface area (Å²) < 4.78 is 29.3. The Kier molecular flexibility index (Phi) is 6.07. The molecular formula is C20H19ClN2O5S. The molecule has 152 valence electrons. The van der Waals surface area contributed by atoms with Gasteiger partial charge < -0.3 is 4.42 Å². The molecule has 2 aromatic carbocycles. The van der Waals surface area contributed by atoms with Gasteiger partial charge in [-0.25, -0.2) is 18.5 Å². The molecule has 1 aromatic heterocycles. The van der Waals surface area contributed by atoms with E-state index in [4.69, 9.17) is 16.0 Å². The van der Waals surface area contributed by atoms with Crippen molar-refractivity contribution in [3.05, 3.63) is 59.4 Å². The maximum atomic E-state index is 11.7. The summed E-state index contributed by atoms with van der Waals surface area (Å²) in [6.45, 7) is 0. The second kappa shape index (κ2) is 8.36. The molecule has 0 fully saturated rings. The third-order valence-corrected chi connectivity index (χ3v) is 5.63. The lowest BCUT2D eigenvalue weighted by atomic mass is 10.1. The number of sulfone groups is 1. The molecule has 0 atom stereocenters. The van der Waals surface area contributed by atoms with Crippen molar-refractivity contribution in [3.8, 4) is 22.6 Å². The zero-order valence-electron chi connectivity index (χ0n) is 15.8. The van der Waals surface area contributed by atoms with Crippen LogP contribution in [0.5, 0.6) is 0 Å². The van der Waals surface area contributed by atoms with E-state index >= 15 is 0 Å². The van der Waals surface area contributed by atoms with E-state index in [1.165, 1.54) is 19.2 Å². The quantitative estimate of drug-likeness (QED) is 0.467. The Bertz CT molecular complexity index is 1120. The lowest BCUT2D eigenvalue weighted by Crippen LogP contribution is -2.22. The number of halogens is 1. The fraction of sp³-hybridized carbons (Fsp3) is 0.200. The first-order valence-electron chi connectivity index (χ1n) is 8.66. The number of hydroxylamine groups is 2. The first kappa shape index (κ1) is 21.0. The molecule has 1 heterocycles. The molecule has 0 aliphatic rings. The summed E-state index contributed by atoms with van der Waals surface area (Å²) in [5.41, 5.74) is 1.96. The third-order valence-electron chi connectivity index (χ3n) is 4.25. The topological polar surface area (TPSA) is 101 Å². The predicted molar refractivity (Wildman–Crippen MR) is 108 cm³/mol. The van der Waals surface area contributed by atoms with E-state index in [2.05, 4.69) is 4.98 Å². The van der Waals surface area contributed by atoms with Crippen molar-refractivity contribution in [1.82, 2.24) is 10.0 Å². The molecule has 9 heteroatoms. The minimum Gasteiger partial charge on any atom is -0.440 e.